The first-order valence-corrected chi connectivity index (χ1v) is 11.9. The number of benzene rings is 1. The third-order valence-electron chi connectivity index (χ3n) is 4.85. The molecular weight excluding hydrogens is 450 g/mol. The summed E-state index contributed by atoms with van der Waals surface area (Å²) >= 11 is 0. The van der Waals surface area contributed by atoms with Crippen LogP contribution in [0, 0.1) is 11.3 Å². The molecule has 2 rings (SSSR count). The molecule has 0 radical (unpaired) electrons. The van der Waals surface area contributed by atoms with Gasteiger partial charge in [-0.05, 0) is 32.0 Å². The van der Waals surface area contributed by atoms with Crippen molar-refractivity contribution < 1.29 is 17.9 Å². The molecule has 0 fully saturated rings. The number of nitrogens with one attached hydrogen (secondary N) is 1. The van der Waals surface area contributed by atoms with Crippen molar-refractivity contribution in [2.75, 3.05) is 25.0 Å². The third-order valence-corrected chi connectivity index (χ3v) is 6.92. The van der Waals surface area contributed by atoms with Gasteiger partial charge in [-0.1, -0.05) is 13.8 Å². The van der Waals surface area contributed by atoms with Crippen molar-refractivity contribution in [3.05, 3.63) is 50.8 Å². The number of anilines is 1. The van der Waals surface area contributed by atoms with E-state index in [0.717, 1.165) is 10.8 Å². The minimum Gasteiger partial charge on any atom is -0.492 e. The summed E-state index contributed by atoms with van der Waals surface area (Å²) < 4.78 is 34.7. The molecule has 178 valence electrons. The van der Waals surface area contributed by atoms with Crippen LogP contribution < -0.4 is 21.3 Å². The standard InChI is InChI=1S/C21H27N5O6S/c1-5-24-13-15(12-22)20(28)26(21(24)29)14-19(27)23-16-9-10-17(32-8-4)18(11-16)33(30,31)25(6-2)7-3/h9-11,13H,5-8,14H2,1-4H3,(H,23,27). The fourth-order valence-electron chi connectivity index (χ4n) is 3.21. The smallest absolute Gasteiger partial charge is 0.331 e. The fourth-order valence-corrected chi connectivity index (χ4v) is 4.82. The number of aromatic nitrogens is 2. The number of amides is 1. The summed E-state index contributed by atoms with van der Waals surface area (Å²) in [5.41, 5.74) is -1.72. The van der Waals surface area contributed by atoms with Gasteiger partial charge < -0.3 is 10.1 Å². The predicted octanol–water partition coefficient (Wildman–Crippen LogP) is 0.969. The number of hydrogen-bond donors (Lipinski definition) is 1. The Hall–Kier alpha value is -3.43. The molecule has 0 bridgehead atoms. The van der Waals surface area contributed by atoms with E-state index in [0.29, 0.717) is 4.57 Å². The maximum Gasteiger partial charge on any atom is 0.331 e. The van der Waals surface area contributed by atoms with Gasteiger partial charge in [-0.2, -0.15) is 9.57 Å². The SMILES string of the molecule is CCOc1ccc(NC(=O)Cn2c(=O)c(C#N)cn(CC)c2=O)cc1S(=O)(=O)N(CC)CC. The molecule has 11 nitrogen and oxygen atoms in total. The molecule has 12 heteroatoms. The van der Waals surface area contributed by atoms with Gasteiger partial charge in [0, 0.05) is 31.5 Å². The Morgan fingerprint density at radius 2 is 1.85 bits per heavy atom. The quantitative estimate of drug-likeness (QED) is 0.537. The van der Waals surface area contributed by atoms with Crippen LogP contribution in [-0.4, -0.2) is 47.5 Å². The lowest BCUT2D eigenvalue weighted by Gasteiger charge is -2.21. The molecule has 0 aliphatic carbocycles. The predicted molar refractivity (Wildman–Crippen MR) is 122 cm³/mol. The first-order valence-electron chi connectivity index (χ1n) is 10.5. The zero-order valence-electron chi connectivity index (χ0n) is 19.0. The molecule has 1 aromatic carbocycles. The molecule has 0 aliphatic heterocycles. The van der Waals surface area contributed by atoms with E-state index in [4.69, 9.17) is 10.00 Å². The lowest BCUT2D eigenvalue weighted by Crippen LogP contribution is -2.43. The first-order chi connectivity index (χ1) is 15.6. The second-order valence-electron chi connectivity index (χ2n) is 6.85. The highest BCUT2D eigenvalue weighted by Crippen LogP contribution is 2.30. The van der Waals surface area contributed by atoms with Crippen LogP contribution >= 0.6 is 0 Å². The summed E-state index contributed by atoms with van der Waals surface area (Å²) in [6.45, 7) is 7.13. The van der Waals surface area contributed by atoms with Crippen LogP contribution in [0.25, 0.3) is 0 Å². The maximum atomic E-state index is 13.1. The van der Waals surface area contributed by atoms with E-state index in [1.807, 2.05) is 0 Å². The van der Waals surface area contributed by atoms with Gasteiger partial charge in [0.05, 0.1) is 6.61 Å². The second kappa shape index (κ2) is 10.9. The summed E-state index contributed by atoms with van der Waals surface area (Å²) in [4.78, 5) is 37.3. The van der Waals surface area contributed by atoms with Crippen LogP contribution in [0.5, 0.6) is 5.75 Å². The van der Waals surface area contributed by atoms with Crippen LogP contribution in [0.3, 0.4) is 0 Å². The van der Waals surface area contributed by atoms with Crippen LogP contribution in [0.4, 0.5) is 5.69 Å². The fraction of sp³-hybridized carbons (Fsp3) is 0.429. The molecule has 1 N–H and O–H groups in total. The Morgan fingerprint density at radius 3 is 2.39 bits per heavy atom. The van der Waals surface area contributed by atoms with Crippen molar-refractivity contribution in [2.45, 2.75) is 45.7 Å². The highest BCUT2D eigenvalue weighted by molar-refractivity contribution is 7.89. The van der Waals surface area contributed by atoms with Crippen LogP contribution in [0.15, 0.2) is 38.9 Å². The number of hydrogen-bond acceptors (Lipinski definition) is 7. The average molecular weight is 478 g/mol. The number of nitrogens with zero attached hydrogens (tertiary/aromatic N) is 4. The van der Waals surface area contributed by atoms with Gasteiger partial charge in [0.15, 0.2) is 0 Å². The number of carbonyl (C=O) groups excluding carboxylic acids is 1. The normalized spacial score (nSPS) is 11.3. The number of carbonyl (C=O) groups is 1. The number of ether oxygens (including phenoxy) is 1. The Balaban J connectivity index is 2.43. The van der Waals surface area contributed by atoms with Gasteiger partial charge in [-0.25, -0.2) is 17.8 Å². The van der Waals surface area contributed by atoms with Crippen LogP contribution in [0.2, 0.25) is 0 Å². The summed E-state index contributed by atoms with van der Waals surface area (Å²) in [7, 11) is -3.89. The monoisotopic (exact) mass is 477 g/mol. The highest BCUT2D eigenvalue weighted by Gasteiger charge is 2.26. The van der Waals surface area contributed by atoms with Gasteiger partial charge in [-0.3, -0.25) is 14.2 Å². The second-order valence-corrected chi connectivity index (χ2v) is 8.75. The number of nitriles is 1. The highest BCUT2D eigenvalue weighted by atomic mass is 32.2. The zero-order valence-corrected chi connectivity index (χ0v) is 19.8. The Morgan fingerprint density at radius 1 is 1.18 bits per heavy atom. The minimum atomic E-state index is -3.89. The van der Waals surface area contributed by atoms with Crippen LogP contribution in [-0.2, 0) is 27.9 Å². The van der Waals surface area contributed by atoms with Crippen molar-refractivity contribution >= 4 is 21.6 Å². The van der Waals surface area contributed by atoms with Crippen molar-refractivity contribution in [1.82, 2.24) is 13.4 Å². The van der Waals surface area contributed by atoms with E-state index in [2.05, 4.69) is 5.32 Å². The topological polar surface area (TPSA) is 144 Å². The van der Waals surface area contributed by atoms with E-state index < -0.39 is 33.7 Å². The Kier molecular flexibility index (Phi) is 8.56. The summed E-state index contributed by atoms with van der Waals surface area (Å²) in [5.74, 6) is -0.589. The minimum absolute atomic E-state index is 0.108. The molecular formula is C21H27N5O6S. The van der Waals surface area contributed by atoms with E-state index in [1.165, 1.54) is 22.5 Å². The lowest BCUT2D eigenvalue weighted by molar-refractivity contribution is -0.116. The molecule has 0 saturated carbocycles. The van der Waals surface area contributed by atoms with E-state index in [-0.39, 0.29) is 48.1 Å². The van der Waals surface area contributed by atoms with Gasteiger partial charge in [0.2, 0.25) is 15.9 Å². The Labute approximate surface area is 191 Å². The molecule has 1 aromatic heterocycles. The molecule has 0 spiro atoms. The molecule has 2 aromatic rings. The average Bonchev–Trinajstić information content (AvgIpc) is 2.78. The zero-order chi connectivity index (χ0) is 24.8. The molecule has 0 aliphatic rings. The Bertz CT molecular complexity index is 1290. The summed E-state index contributed by atoms with van der Waals surface area (Å²) in [5, 5.41) is 11.6. The molecule has 0 saturated heterocycles. The first kappa shape index (κ1) is 25.8. The lowest BCUT2D eigenvalue weighted by atomic mass is 10.3. The molecule has 0 unspecified atom stereocenters. The van der Waals surface area contributed by atoms with Crippen molar-refractivity contribution in [1.29, 1.82) is 5.26 Å². The van der Waals surface area contributed by atoms with Crippen molar-refractivity contribution in [3.63, 3.8) is 0 Å². The van der Waals surface area contributed by atoms with E-state index in [1.54, 1.807) is 33.8 Å². The van der Waals surface area contributed by atoms with Crippen LogP contribution in [0.1, 0.15) is 33.3 Å². The summed E-state index contributed by atoms with van der Waals surface area (Å²) in [6, 6.07) is 5.88. The van der Waals surface area contributed by atoms with Gasteiger partial charge in [0.1, 0.15) is 28.8 Å². The number of rotatable bonds is 10. The molecule has 33 heavy (non-hydrogen) atoms. The molecule has 0 atom stereocenters. The van der Waals surface area contributed by atoms with E-state index in [9.17, 15) is 22.8 Å². The largest absolute Gasteiger partial charge is 0.492 e. The number of sulfonamides is 1. The van der Waals surface area contributed by atoms with Crippen molar-refractivity contribution in [3.8, 4) is 11.8 Å². The van der Waals surface area contributed by atoms with Gasteiger partial charge >= 0.3 is 5.69 Å². The van der Waals surface area contributed by atoms with Crippen molar-refractivity contribution in [2.24, 2.45) is 0 Å². The maximum absolute atomic E-state index is 13.1. The third kappa shape index (κ3) is 5.50. The van der Waals surface area contributed by atoms with Gasteiger partial charge in [-0.15, -0.1) is 0 Å². The van der Waals surface area contributed by atoms with E-state index >= 15 is 0 Å². The summed E-state index contributed by atoms with van der Waals surface area (Å²) in [6.07, 6.45) is 1.15. The van der Waals surface area contributed by atoms with Gasteiger partial charge in [0.25, 0.3) is 5.56 Å². The number of aryl methyl sites for hydroxylation is 1. The molecule has 1 heterocycles. The molecule has 1 amide bonds.